The number of allylic oxidation sites excluding steroid dienone is 8. The Kier molecular flexibility index (Phi) is 2.84. The van der Waals surface area contributed by atoms with E-state index in [9.17, 15) is 0 Å². The van der Waals surface area contributed by atoms with Crippen LogP contribution in [-0.2, 0) is 0 Å². The summed E-state index contributed by atoms with van der Waals surface area (Å²) in [6.45, 7) is 2.30. The van der Waals surface area contributed by atoms with Gasteiger partial charge in [0.2, 0.25) is 0 Å². The molecule has 3 rings (SSSR count). The van der Waals surface area contributed by atoms with Crippen molar-refractivity contribution in [3.8, 4) is 0 Å². The van der Waals surface area contributed by atoms with Crippen LogP contribution in [0, 0.1) is 17.8 Å². The van der Waals surface area contributed by atoms with E-state index in [4.69, 9.17) is 4.99 Å². The van der Waals surface area contributed by atoms with Gasteiger partial charge in [-0.1, -0.05) is 43.4 Å². The molecule has 0 radical (unpaired) electrons. The number of aliphatic imine (C=N–C) groups is 1. The zero-order valence-corrected chi connectivity index (χ0v) is 10.3. The molecule has 0 bridgehead atoms. The monoisotopic (exact) mass is 225 g/mol. The fourth-order valence-electron chi connectivity index (χ4n) is 3.22. The van der Waals surface area contributed by atoms with E-state index in [-0.39, 0.29) is 0 Å². The van der Waals surface area contributed by atoms with Gasteiger partial charge in [-0.2, -0.15) is 0 Å². The minimum Gasteiger partial charge on any atom is -0.261 e. The van der Waals surface area contributed by atoms with E-state index in [2.05, 4.69) is 49.5 Å². The molecule has 2 aliphatic carbocycles. The maximum Gasteiger partial charge on any atom is 0.0443 e. The van der Waals surface area contributed by atoms with Crippen LogP contribution in [0.1, 0.15) is 26.2 Å². The molecule has 3 unspecified atom stereocenters. The highest BCUT2D eigenvalue weighted by Crippen LogP contribution is 2.40. The van der Waals surface area contributed by atoms with Gasteiger partial charge in [-0.3, -0.25) is 4.99 Å². The van der Waals surface area contributed by atoms with Crippen molar-refractivity contribution in [1.82, 2.24) is 0 Å². The van der Waals surface area contributed by atoms with E-state index < -0.39 is 0 Å². The molecule has 3 atom stereocenters. The summed E-state index contributed by atoms with van der Waals surface area (Å²) in [5.41, 5.74) is 2.74. The maximum absolute atomic E-state index is 4.93. The first-order chi connectivity index (χ1) is 8.40. The van der Waals surface area contributed by atoms with E-state index in [1.54, 1.807) is 0 Å². The Morgan fingerprint density at radius 3 is 2.82 bits per heavy atom. The second-order valence-corrected chi connectivity index (χ2v) is 5.07. The second-order valence-electron chi connectivity index (χ2n) is 5.07. The molecule has 0 spiro atoms. The molecular weight excluding hydrogens is 206 g/mol. The van der Waals surface area contributed by atoms with Crippen molar-refractivity contribution in [3.63, 3.8) is 0 Å². The Balaban J connectivity index is 1.90. The first-order valence-electron chi connectivity index (χ1n) is 6.68. The molecule has 0 saturated carbocycles. The third-order valence-electron chi connectivity index (χ3n) is 4.10. The van der Waals surface area contributed by atoms with Gasteiger partial charge in [0.1, 0.15) is 0 Å². The van der Waals surface area contributed by atoms with Crippen molar-refractivity contribution >= 4 is 5.71 Å². The van der Waals surface area contributed by atoms with E-state index in [1.165, 1.54) is 24.3 Å². The van der Waals surface area contributed by atoms with Gasteiger partial charge >= 0.3 is 0 Å². The van der Waals surface area contributed by atoms with Crippen LogP contribution in [0.3, 0.4) is 0 Å². The molecule has 1 aliphatic heterocycles. The largest absolute Gasteiger partial charge is 0.261 e. The average molecular weight is 225 g/mol. The van der Waals surface area contributed by atoms with Crippen molar-refractivity contribution in [2.24, 2.45) is 22.7 Å². The standard InChI is InChI=1S/C16H19N/c1-2-13-14-10-6-7-11-15(14)17-16(13)12-8-4-3-5-9-12/h3-8,11-14H,2,9-10H2,1H3. The Morgan fingerprint density at radius 2 is 2.06 bits per heavy atom. The highest BCUT2D eigenvalue weighted by molar-refractivity contribution is 5.94. The zero-order chi connectivity index (χ0) is 11.7. The third kappa shape index (κ3) is 1.84. The van der Waals surface area contributed by atoms with Crippen LogP contribution in [0.15, 0.2) is 53.2 Å². The lowest BCUT2D eigenvalue weighted by molar-refractivity contribution is 0.478. The van der Waals surface area contributed by atoms with E-state index in [0.29, 0.717) is 17.8 Å². The van der Waals surface area contributed by atoms with Gasteiger partial charge in [-0.05, 0) is 25.3 Å². The summed E-state index contributed by atoms with van der Waals surface area (Å²) >= 11 is 0. The molecule has 1 nitrogen and oxygen atoms in total. The molecule has 1 heteroatoms. The van der Waals surface area contributed by atoms with Gasteiger partial charge in [-0.25, -0.2) is 0 Å². The van der Waals surface area contributed by atoms with E-state index in [0.717, 1.165) is 6.42 Å². The fraction of sp³-hybridized carbons (Fsp3) is 0.438. The van der Waals surface area contributed by atoms with Crippen LogP contribution in [-0.4, -0.2) is 5.71 Å². The zero-order valence-electron chi connectivity index (χ0n) is 10.3. The Hall–Kier alpha value is -1.37. The smallest absolute Gasteiger partial charge is 0.0443 e. The average Bonchev–Trinajstić information content (AvgIpc) is 2.78. The summed E-state index contributed by atoms with van der Waals surface area (Å²) < 4.78 is 0. The quantitative estimate of drug-likeness (QED) is 0.672. The minimum atomic E-state index is 0.538. The molecule has 0 saturated heterocycles. The molecule has 0 fully saturated rings. The molecule has 1 heterocycles. The van der Waals surface area contributed by atoms with Gasteiger partial charge in [0.15, 0.2) is 0 Å². The Bertz CT molecular complexity index is 448. The van der Waals surface area contributed by atoms with Crippen LogP contribution in [0.4, 0.5) is 0 Å². The van der Waals surface area contributed by atoms with Gasteiger partial charge in [0.05, 0.1) is 0 Å². The van der Waals surface area contributed by atoms with Crippen LogP contribution < -0.4 is 0 Å². The van der Waals surface area contributed by atoms with Crippen LogP contribution in [0.2, 0.25) is 0 Å². The highest BCUT2D eigenvalue weighted by atomic mass is 14.8. The van der Waals surface area contributed by atoms with Crippen LogP contribution >= 0.6 is 0 Å². The number of rotatable bonds is 2. The predicted molar refractivity (Wildman–Crippen MR) is 72.9 cm³/mol. The number of hydrogen-bond acceptors (Lipinski definition) is 1. The predicted octanol–water partition coefficient (Wildman–Crippen LogP) is 4.06. The SMILES string of the molecule is CCC1C(C2C=CC=CC2)=NC2=CC=CCC21. The van der Waals surface area contributed by atoms with Crippen molar-refractivity contribution in [2.75, 3.05) is 0 Å². The first kappa shape index (κ1) is 10.8. The Morgan fingerprint density at radius 1 is 1.18 bits per heavy atom. The molecule has 3 aliphatic rings. The number of nitrogens with zero attached hydrogens (tertiary/aromatic N) is 1. The molecule has 88 valence electrons. The molecule has 17 heavy (non-hydrogen) atoms. The van der Waals surface area contributed by atoms with Crippen molar-refractivity contribution in [1.29, 1.82) is 0 Å². The Labute approximate surface area is 103 Å². The summed E-state index contributed by atoms with van der Waals surface area (Å²) in [6.07, 6.45) is 19.0. The van der Waals surface area contributed by atoms with Gasteiger partial charge in [-0.15, -0.1) is 0 Å². The minimum absolute atomic E-state index is 0.538. The number of hydrogen-bond donors (Lipinski definition) is 0. The second kappa shape index (κ2) is 4.48. The fourth-order valence-corrected chi connectivity index (χ4v) is 3.22. The van der Waals surface area contributed by atoms with Gasteiger partial charge < -0.3 is 0 Å². The molecular formula is C16H19N. The van der Waals surface area contributed by atoms with E-state index >= 15 is 0 Å². The lowest BCUT2D eigenvalue weighted by atomic mass is 9.78. The molecule has 0 aromatic rings. The van der Waals surface area contributed by atoms with Gasteiger partial charge in [0.25, 0.3) is 0 Å². The lowest BCUT2D eigenvalue weighted by Gasteiger charge is -2.23. The lowest BCUT2D eigenvalue weighted by Crippen LogP contribution is -2.24. The van der Waals surface area contributed by atoms with E-state index in [1.807, 2.05) is 0 Å². The number of fused-ring (bicyclic) bond motifs is 1. The normalized spacial score (nSPS) is 34.5. The summed E-state index contributed by atoms with van der Waals surface area (Å²) in [4.78, 5) is 4.93. The van der Waals surface area contributed by atoms with Crippen molar-refractivity contribution in [2.45, 2.75) is 26.2 Å². The summed E-state index contributed by atoms with van der Waals surface area (Å²) in [6, 6.07) is 0. The topological polar surface area (TPSA) is 12.4 Å². The summed E-state index contributed by atoms with van der Waals surface area (Å²) in [5, 5.41) is 0. The van der Waals surface area contributed by atoms with Gasteiger partial charge in [0, 0.05) is 29.2 Å². The maximum atomic E-state index is 4.93. The third-order valence-corrected chi connectivity index (χ3v) is 4.10. The molecule has 0 amide bonds. The van der Waals surface area contributed by atoms with Crippen molar-refractivity contribution < 1.29 is 0 Å². The van der Waals surface area contributed by atoms with Crippen molar-refractivity contribution in [3.05, 3.63) is 48.2 Å². The summed E-state index contributed by atoms with van der Waals surface area (Å²) in [5.74, 6) is 1.85. The van der Waals surface area contributed by atoms with Crippen LogP contribution in [0.25, 0.3) is 0 Å². The molecule has 0 aromatic heterocycles. The molecule has 0 aromatic carbocycles. The van der Waals surface area contributed by atoms with Crippen LogP contribution in [0.5, 0.6) is 0 Å². The first-order valence-corrected chi connectivity index (χ1v) is 6.68. The highest BCUT2D eigenvalue weighted by Gasteiger charge is 2.36. The summed E-state index contributed by atoms with van der Waals surface area (Å²) in [7, 11) is 0. The molecule has 0 N–H and O–H groups in total.